The van der Waals surface area contributed by atoms with E-state index in [9.17, 15) is 4.79 Å². The minimum Gasteiger partial charge on any atom is -0.487 e. The summed E-state index contributed by atoms with van der Waals surface area (Å²) in [7, 11) is 0. The predicted molar refractivity (Wildman–Crippen MR) is 181 cm³/mol. The zero-order valence-electron chi connectivity index (χ0n) is 28.0. The highest BCUT2D eigenvalue weighted by Crippen LogP contribution is 2.30. The Morgan fingerprint density at radius 2 is 1.14 bits per heavy atom. The van der Waals surface area contributed by atoms with Gasteiger partial charge in [-0.3, -0.25) is 0 Å². The fraction of sp³-hybridized carbons (Fsp3) is 0.667. The molecule has 2 aromatic carbocycles. The molecule has 0 saturated heterocycles. The number of para-hydroxylation sites is 2. The summed E-state index contributed by atoms with van der Waals surface area (Å²) in [6.07, 6.45) is 24.5. The Kier molecular flexibility index (Phi) is 20.6. The molecule has 2 atom stereocenters. The number of unbranched alkanes of at least 4 members (excludes halogenated alkanes) is 14. The highest BCUT2D eigenvalue weighted by molar-refractivity contribution is 5.91. The van der Waals surface area contributed by atoms with Crippen LogP contribution in [0.1, 0.15) is 172 Å². The summed E-state index contributed by atoms with van der Waals surface area (Å²) in [6.45, 7) is 9.50. The van der Waals surface area contributed by atoms with E-state index >= 15 is 0 Å². The molecule has 4 heteroatoms. The van der Waals surface area contributed by atoms with Gasteiger partial charge in [0, 0.05) is 6.61 Å². The Bertz CT molecular complexity index is 954. The van der Waals surface area contributed by atoms with Crippen LogP contribution in [0, 0.1) is 0 Å². The molecule has 2 unspecified atom stereocenters. The monoisotopic (exact) mass is 594 g/mol. The Labute approximate surface area is 264 Å². The van der Waals surface area contributed by atoms with E-state index in [-0.39, 0.29) is 18.2 Å². The van der Waals surface area contributed by atoms with Crippen LogP contribution in [0.25, 0.3) is 0 Å². The first-order valence-electron chi connectivity index (χ1n) is 17.8. The quantitative estimate of drug-likeness (QED) is 0.0617. The van der Waals surface area contributed by atoms with Crippen molar-refractivity contribution in [2.45, 2.75) is 162 Å². The fourth-order valence-corrected chi connectivity index (χ4v) is 5.53. The van der Waals surface area contributed by atoms with Gasteiger partial charge in [0.25, 0.3) is 0 Å². The smallest absolute Gasteiger partial charge is 0.343 e. The van der Waals surface area contributed by atoms with Gasteiger partial charge in [0.15, 0.2) is 11.5 Å². The van der Waals surface area contributed by atoms with Gasteiger partial charge < -0.3 is 14.2 Å². The molecule has 0 radical (unpaired) electrons. The number of hydrogen-bond acceptors (Lipinski definition) is 4. The van der Waals surface area contributed by atoms with E-state index in [1.807, 2.05) is 42.5 Å². The molecule has 2 rings (SSSR count). The molecule has 0 heterocycles. The molecule has 4 nitrogen and oxygen atoms in total. The molecule has 0 aliphatic carbocycles. The number of ether oxygens (including phenoxy) is 3. The third-order valence-corrected chi connectivity index (χ3v) is 8.32. The molecule has 0 amide bonds. The number of benzene rings is 2. The summed E-state index contributed by atoms with van der Waals surface area (Å²) in [5, 5.41) is 0. The van der Waals surface area contributed by atoms with Crippen LogP contribution in [-0.2, 0) is 4.74 Å². The highest BCUT2D eigenvalue weighted by atomic mass is 16.6. The summed E-state index contributed by atoms with van der Waals surface area (Å²) in [4.78, 5) is 13.0. The van der Waals surface area contributed by atoms with E-state index in [0.29, 0.717) is 17.1 Å². The first kappa shape index (κ1) is 36.9. The summed E-state index contributed by atoms with van der Waals surface area (Å²) in [5.74, 6) is 0.728. The number of carbonyl (C=O) groups excluding carboxylic acids is 1. The molecule has 0 aliphatic rings. The average molecular weight is 595 g/mol. The zero-order valence-corrected chi connectivity index (χ0v) is 28.0. The summed E-state index contributed by atoms with van der Waals surface area (Å²) < 4.78 is 18.2. The SMILES string of the molecule is CCCCCCCCCCCCCCCCOC(C)c1ccc(C(=O)Oc2ccccc2OC(CCC)CCCC)cc1. The maximum Gasteiger partial charge on any atom is 0.343 e. The lowest BCUT2D eigenvalue weighted by atomic mass is 10.0. The van der Waals surface area contributed by atoms with Crippen LogP contribution in [0.15, 0.2) is 48.5 Å². The Balaban J connectivity index is 1.64. The molecule has 242 valence electrons. The van der Waals surface area contributed by atoms with Crippen molar-refractivity contribution in [3.05, 3.63) is 59.7 Å². The molecule has 0 spiro atoms. The van der Waals surface area contributed by atoms with Crippen molar-refractivity contribution in [1.29, 1.82) is 0 Å². The van der Waals surface area contributed by atoms with Gasteiger partial charge in [-0.15, -0.1) is 0 Å². The van der Waals surface area contributed by atoms with E-state index in [1.165, 1.54) is 83.5 Å². The van der Waals surface area contributed by atoms with Gasteiger partial charge in [-0.25, -0.2) is 4.79 Å². The van der Waals surface area contributed by atoms with Gasteiger partial charge >= 0.3 is 5.97 Å². The van der Waals surface area contributed by atoms with E-state index in [0.717, 1.165) is 50.7 Å². The Morgan fingerprint density at radius 1 is 0.605 bits per heavy atom. The van der Waals surface area contributed by atoms with E-state index < -0.39 is 0 Å². The number of carbonyl (C=O) groups is 1. The summed E-state index contributed by atoms with van der Waals surface area (Å²) in [5.41, 5.74) is 1.60. The average Bonchev–Trinajstić information content (AvgIpc) is 3.02. The van der Waals surface area contributed by atoms with Crippen molar-refractivity contribution in [1.82, 2.24) is 0 Å². The van der Waals surface area contributed by atoms with Crippen LogP contribution in [-0.4, -0.2) is 18.7 Å². The van der Waals surface area contributed by atoms with Crippen molar-refractivity contribution >= 4 is 5.97 Å². The summed E-state index contributed by atoms with van der Waals surface area (Å²) in [6, 6.07) is 15.1. The fourth-order valence-electron chi connectivity index (χ4n) is 5.53. The molecule has 0 N–H and O–H groups in total. The molecular formula is C39H62O4. The standard InChI is InChI=1S/C39H62O4/c1-5-8-10-11-12-13-14-15-16-17-18-19-20-23-32-41-33(4)34-28-30-35(31-29-34)39(40)43-38-27-22-21-26-37(38)42-36(24-7-3)25-9-6-2/h21-22,26-31,33,36H,5-20,23-25,32H2,1-4H3. The lowest BCUT2D eigenvalue weighted by Crippen LogP contribution is -2.17. The Morgan fingerprint density at radius 3 is 1.70 bits per heavy atom. The van der Waals surface area contributed by atoms with Gasteiger partial charge in [-0.2, -0.15) is 0 Å². The predicted octanol–water partition coefficient (Wildman–Crippen LogP) is 12.2. The lowest BCUT2D eigenvalue weighted by molar-refractivity contribution is 0.0625. The van der Waals surface area contributed by atoms with Gasteiger partial charge in [0.2, 0.25) is 0 Å². The Hall–Kier alpha value is -2.33. The molecular weight excluding hydrogens is 532 g/mol. The summed E-state index contributed by atoms with van der Waals surface area (Å²) >= 11 is 0. The van der Waals surface area contributed by atoms with Crippen LogP contribution in [0.5, 0.6) is 11.5 Å². The van der Waals surface area contributed by atoms with Crippen LogP contribution < -0.4 is 9.47 Å². The molecule has 43 heavy (non-hydrogen) atoms. The van der Waals surface area contributed by atoms with Crippen molar-refractivity contribution in [2.24, 2.45) is 0 Å². The van der Waals surface area contributed by atoms with Crippen molar-refractivity contribution in [2.75, 3.05) is 6.61 Å². The molecule has 2 aromatic rings. The van der Waals surface area contributed by atoms with Crippen molar-refractivity contribution in [3.63, 3.8) is 0 Å². The third-order valence-electron chi connectivity index (χ3n) is 8.32. The van der Waals surface area contributed by atoms with Crippen LogP contribution in [0.4, 0.5) is 0 Å². The van der Waals surface area contributed by atoms with Crippen molar-refractivity contribution < 1.29 is 19.0 Å². The number of esters is 1. The van der Waals surface area contributed by atoms with Gasteiger partial charge in [0.05, 0.1) is 17.8 Å². The number of hydrogen-bond donors (Lipinski definition) is 0. The van der Waals surface area contributed by atoms with Gasteiger partial charge in [-0.1, -0.05) is 148 Å². The first-order valence-corrected chi connectivity index (χ1v) is 17.8. The van der Waals surface area contributed by atoms with Gasteiger partial charge in [-0.05, 0) is 56.0 Å². The largest absolute Gasteiger partial charge is 0.487 e. The maximum absolute atomic E-state index is 13.0. The van der Waals surface area contributed by atoms with Crippen molar-refractivity contribution in [3.8, 4) is 11.5 Å². The third kappa shape index (κ3) is 16.4. The molecule has 0 aliphatic heterocycles. The zero-order chi connectivity index (χ0) is 31.0. The molecule has 0 fully saturated rings. The molecule has 0 saturated carbocycles. The van der Waals surface area contributed by atoms with Crippen LogP contribution >= 0.6 is 0 Å². The van der Waals surface area contributed by atoms with E-state index in [2.05, 4.69) is 27.7 Å². The second-order valence-corrected chi connectivity index (χ2v) is 12.2. The molecule has 0 bridgehead atoms. The van der Waals surface area contributed by atoms with Gasteiger partial charge in [0.1, 0.15) is 0 Å². The second kappa shape index (κ2) is 24.0. The molecule has 0 aromatic heterocycles. The second-order valence-electron chi connectivity index (χ2n) is 12.2. The topological polar surface area (TPSA) is 44.8 Å². The van der Waals surface area contributed by atoms with E-state index in [4.69, 9.17) is 14.2 Å². The van der Waals surface area contributed by atoms with Crippen LogP contribution in [0.2, 0.25) is 0 Å². The minimum atomic E-state index is -0.376. The van der Waals surface area contributed by atoms with E-state index in [1.54, 1.807) is 6.07 Å². The maximum atomic E-state index is 13.0. The normalized spacial score (nSPS) is 12.7. The van der Waals surface area contributed by atoms with Crippen LogP contribution in [0.3, 0.4) is 0 Å². The first-order chi connectivity index (χ1) is 21.1. The number of rotatable bonds is 26. The minimum absolute atomic E-state index is 0.000196. The highest BCUT2D eigenvalue weighted by Gasteiger charge is 2.16. The lowest BCUT2D eigenvalue weighted by Gasteiger charge is -2.20.